The van der Waals surface area contributed by atoms with Crippen LogP contribution >= 0.6 is 0 Å². The van der Waals surface area contributed by atoms with E-state index in [0.29, 0.717) is 12.0 Å². The molecule has 0 saturated heterocycles. The van der Waals surface area contributed by atoms with Gasteiger partial charge in [-0.1, -0.05) is 33.6 Å². The van der Waals surface area contributed by atoms with Crippen molar-refractivity contribution in [1.82, 2.24) is 15.3 Å². The topological polar surface area (TPSA) is 37.8 Å². The zero-order chi connectivity index (χ0) is 12.7. The molecule has 0 bridgehead atoms. The van der Waals surface area contributed by atoms with Crippen LogP contribution in [0.25, 0.3) is 0 Å². The summed E-state index contributed by atoms with van der Waals surface area (Å²) < 4.78 is 0. The van der Waals surface area contributed by atoms with Gasteiger partial charge in [-0.2, -0.15) is 0 Å². The van der Waals surface area contributed by atoms with Crippen molar-refractivity contribution in [2.75, 3.05) is 6.54 Å². The monoisotopic (exact) mass is 235 g/mol. The van der Waals surface area contributed by atoms with Gasteiger partial charge in [0.05, 0.1) is 23.6 Å². The van der Waals surface area contributed by atoms with Crippen LogP contribution in [0.2, 0.25) is 0 Å². The summed E-state index contributed by atoms with van der Waals surface area (Å²) in [6.45, 7) is 9.70. The second-order valence-corrected chi connectivity index (χ2v) is 4.59. The first-order valence-electron chi connectivity index (χ1n) is 6.74. The smallest absolute Gasteiger partial charge is 0.0759 e. The molecule has 1 heterocycles. The van der Waals surface area contributed by atoms with Crippen LogP contribution in [0.4, 0.5) is 0 Å². The van der Waals surface area contributed by atoms with Crippen molar-refractivity contribution in [2.24, 2.45) is 5.92 Å². The van der Waals surface area contributed by atoms with Crippen LogP contribution in [0, 0.1) is 12.8 Å². The summed E-state index contributed by atoms with van der Waals surface area (Å²) >= 11 is 0. The highest BCUT2D eigenvalue weighted by Gasteiger charge is 2.20. The van der Waals surface area contributed by atoms with Gasteiger partial charge in [0.25, 0.3) is 0 Å². The van der Waals surface area contributed by atoms with Gasteiger partial charge in [-0.05, 0) is 25.8 Å². The van der Waals surface area contributed by atoms with E-state index in [9.17, 15) is 0 Å². The second kappa shape index (κ2) is 7.38. The van der Waals surface area contributed by atoms with Gasteiger partial charge in [-0.15, -0.1) is 0 Å². The zero-order valence-electron chi connectivity index (χ0n) is 11.5. The largest absolute Gasteiger partial charge is 0.308 e. The highest BCUT2D eigenvalue weighted by Crippen LogP contribution is 2.25. The van der Waals surface area contributed by atoms with Crippen LogP contribution < -0.4 is 5.32 Å². The van der Waals surface area contributed by atoms with Gasteiger partial charge in [0, 0.05) is 6.20 Å². The number of rotatable bonds is 7. The molecule has 0 fully saturated rings. The van der Waals surface area contributed by atoms with Gasteiger partial charge in [0.2, 0.25) is 0 Å². The fourth-order valence-electron chi connectivity index (χ4n) is 2.14. The maximum atomic E-state index is 4.52. The molecule has 1 rings (SSSR count). The van der Waals surface area contributed by atoms with Crippen LogP contribution in [-0.2, 0) is 0 Å². The molecule has 1 aromatic heterocycles. The molecule has 3 heteroatoms. The zero-order valence-corrected chi connectivity index (χ0v) is 11.5. The Kier molecular flexibility index (Phi) is 6.12. The van der Waals surface area contributed by atoms with E-state index < -0.39 is 0 Å². The van der Waals surface area contributed by atoms with Crippen molar-refractivity contribution in [3.63, 3.8) is 0 Å². The Morgan fingerprint density at radius 1 is 1.12 bits per heavy atom. The minimum absolute atomic E-state index is 0.345. The summed E-state index contributed by atoms with van der Waals surface area (Å²) in [6.07, 6.45) is 7.27. The highest BCUT2D eigenvalue weighted by atomic mass is 15.0. The number of hydrogen-bond acceptors (Lipinski definition) is 3. The van der Waals surface area contributed by atoms with Gasteiger partial charge in [0.15, 0.2) is 0 Å². The number of hydrogen-bond donors (Lipinski definition) is 1. The number of aryl methyl sites for hydroxylation is 1. The highest BCUT2D eigenvalue weighted by molar-refractivity contribution is 5.07. The van der Waals surface area contributed by atoms with E-state index in [-0.39, 0.29) is 0 Å². The van der Waals surface area contributed by atoms with E-state index in [4.69, 9.17) is 0 Å². The lowest BCUT2D eigenvalue weighted by Gasteiger charge is -2.25. The molecule has 3 nitrogen and oxygen atoms in total. The Hall–Kier alpha value is -0.960. The summed E-state index contributed by atoms with van der Waals surface area (Å²) in [5, 5.41) is 3.60. The molecule has 0 aliphatic carbocycles. The molecule has 17 heavy (non-hydrogen) atoms. The first kappa shape index (κ1) is 14.1. The normalized spacial score (nSPS) is 13.0. The minimum Gasteiger partial charge on any atom is -0.308 e. The Bertz CT molecular complexity index is 304. The van der Waals surface area contributed by atoms with E-state index in [1.807, 2.05) is 19.3 Å². The van der Waals surface area contributed by atoms with Gasteiger partial charge >= 0.3 is 0 Å². The van der Waals surface area contributed by atoms with Crippen LogP contribution in [-0.4, -0.2) is 16.5 Å². The number of nitrogens with one attached hydrogen (secondary N) is 1. The van der Waals surface area contributed by atoms with E-state index >= 15 is 0 Å². The van der Waals surface area contributed by atoms with Gasteiger partial charge in [-0.25, -0.2) is 0 Å². The lowest BCUT2D eigenvalue weighted by atomic mass is 9.92. The second-order valence-electron chi connectivity index (χ2n) is 4.59. The average molecular weight is 235 g/mol. The Morgan fingerprint density at radius 3 is 2.29 bits per heavy atom. The van der Waals surface area contributed by atoms with E-state index in [1.165, 1.54) is 12.8 Å². The minimum atomic E-state index is 0.345. The molecule has 0 aliphatic heterocycles. The van der Waals surface area contributed by atoms with Crippen LogP contribution in [0.3, 0.4) is 0 Å². The van der Waals surface area contributed by atoms with Gasteiger partial charge in [-0.3, -0.25) is 9.97 Å². The van der Waals surface area contributed by atoms with Crippen molar-refractivity contribution in [1.29, 1.82) is 0 Å². The quantitative estimate of drug-likeness (QED) is 0.788. The summed E-state index contributed by atoms with van der Waals surface area (Å²) in [7, 11) is 0. The third-order valence-corrected chi connectivity index (χ3v) is 3.25. The maximum absolute atomic E-state index is 4.52. The molecule has 0 amide bonds. The third-order valence-electron chi connectivity index (χ3n) is 3.25. The number of aromatic nitrogens is 2. The molecular weight excluding hydrogens is 210 g/mol. The Morgan fingerprint density at radius 2 is 1.82 bits per heavy atom. The summed E-state index contributed by atoms with van der Waals surface area (Å²) in [4.78, 5) is 8.88. The molecule has 0 spiro atoms. The molecule has 96 valence electrons. The molecule has 1 unspecified atom stereocenters. The summed E-state index contributed by atoms with van der Waals surface area (Å²) in [6, 6.07) is 0.345. The fourth-order valence-corrected chi connectivity index (χ4v) is 2.14. The predicted octanol–water partition coefficient (Wildman–Crippen LogP) is 3.26. The molecule has 0 aliphatic rings. The summed E-state index contributed by atoms with van der Waals surface area (Å²) in [5.41, 5.74) is 2.06. The van der Waals surface area contributed by atoms with Crippen molar-refractivity contribution >= 4 is 0 Å². The molecule has 0 radical (unpaired) electrons. The Balaban J connectivity index is 2.84. The lowest BCUT2D eigenvalue weighted by molar-refractivity contribution is 0.334. The molecule has 1 N–H and O–H groups in total. The SMILES string of the molecule is CCCNC(c1cnc(C)cn1)C(CC)CC. The first-order valence-corrected chi connectivity index (χ1v) is 6.74. The Labute approximate surface area is 105 Å². The van der Waals surface area contributed by atoms with E-state index in [0.717, 1.165) is 24.4 Å². The van der Waals surface area contributed by atoms with Crippen LogP contribution in [0.5, 0.6) is 0 Å². The van der Waals surface area contributed by atoms with Gasteiger partial charge in [0.1, 0.15) is 0 Å². The van der Waals surface area contributed by atoms with E-state index in [2.05, 4.69) is 36.1 Å². The predicted molar refractivity (Wildman–Crippen MR) is 71.9 cm³/mol. The van der Waals surface area contributed by atoms with Crippen LogP contribution in [0.1, 0.15) is 57.5 Å². The van der Waals surface area contributed by atoms with Crippen molar-refractivity contribution in [3.05, 3.63) is 23.8 Å². The van der Waals surface area contributed by atoms with Crippen molar-refractivity contribution < 1.29 is 0 Å². The van der Waals surface area contributed by atoms with E-state index in [1.54, 1.807) is 0 Å². The summed E-state index contributed by atoms with van der Waals surface area (Å²) in [5.74, 6) is 0.638. The molecule has 1 atom stereocenters. The molecule has 0 saturated carbocycles. The van der Waals surface area contributed by atoms with Crippen molar-refractivity contribution in [3.8, 4) is 0 Å². The third kappa shape index (κ3) is 4.08. The fraction of sp³-hybridized carbons (Fsp3) is 0.714. The molecular formula is C14H25N3. The van der Waals surface area contributed by atoms with Crippen LogP contribution in [0.15, 0.2) is 12.4 Å². The number of nitrogens with zero attached hydrogens (tertiary/aromatic N) is 2. The average Bonchev–Trinajstić information content (AvgIpc) is 2.36. The first-order chi connectivity index (χ1) is 8.22. The maximum Gasteiger partial charge on any atom is 0.0759 e. The standard InChI is InChI=1S/C14H25N3/c1-5-8-15-14(12(6-2)7-3)13-10-16-11(4)9-17-13/h9-10,12,14-15H,5-8H2,1-4H3. The van der Waals surface area contributed by atoms with Crippen molar-refractivity contribution in [2.45, 2.75) is 53.0 Å². The lowest BCUT2D eigenvalue weighted by Crippen LogP contribution is -2.29. The molecule has 0 aromatic carbocycles. The molecule has 1 aromatic rings. The van der Waals surface area contributed by atoms with Gasteiger partial charge < -0.3 is 5.32 Å².